The molecule has 17 heavy (non-hydrogen) atoms. The van der Waals surface area contributed by atoms with Crippen molar-refractivity contribution in [2.75, 3.05) is 11.9 Å². The van der Waals surface area contributed by atoms with Crippen LogP contribution in [-0.4, -0.2) is 12.5 Å². The molecule has 3 nitrogen and oxygen atoms in total. The first kappa shape index (κ1) is 13.6. The zero-order valence-electron chi connectivity index (χ0n) is 11.0. The molecule has 0 saturated carbocycles. The van der Waals surface area contributed by atoms with Gasteiger partial charge in [-0.05, 0) is 43.5 Å². The highest BCUT2D eigenvalue weighted by Gasteiger charge is 2.06. The quantitative estimate of drug-likeness (QED) is 0.849. The Balaban J connectivity index is 2.67. The summed E-state index contributed by atoms with van der Waals surface area (Å²) in [5, 5.41) is 2.89. The third kappa shape index (κ3) is 4.47. The number of carbonyl (C=O) groups excluding carboxylic acids is 1. The average Bonchev–Trinajstić information content (AvgIpc) is 2.21. The monoisotopic (exact) mass is 235 g/mol. The summed E-state index contributed by atoms with van der Waals surface area (Å²) in [6.07, 6.45) is 0.548. The maximum Gasteiger partial charge on any atom is 0.224 e. The van der Waals surface area contributed by atoms with Crippen molar-refractivity contribution in [3.63, 3.8) is 0 Å². The van der Waals surface area contributed by atoms with E-state index in [0.29, 0.717) is 18.9 Å². The van der Waals surface area contributed by atoms with E-state index in [2.05, 4.69) is 5.32 Å². The molecular formula is C14H21NO2. The fraction of sp³-hybridized carbons (Fsp3) is 0.500. The molecule has 94 valence electrons. The van der Waals surface area contributed by atoms with Gasteiger partial charge in [0.1, 0.15) is 5.75 Å². The minimum Gasteiger partial charge on any atom is -0.494 e. The fourth-order valence-corrected chi connectivity index (χ4v) is 1.63. The summed E-state index contributed by atoms with van der Waals surface area (Å²) < 4.78 is 5.45. The fourth-order valence-electron chi connectivity index (χ4n) is 1.63. The van der Waals surface area contributed by atoms with Crippen LogP contribution in [0.3, 0.4) is 0 Å². The van der Waals surface area contributed by atoms with Gasteiger partial charge in [0, 0.05) is 12.1 Å². The van der Waals surface area contributed by atoms with Gasteiger partial charge >= 0.3 is 0 Å². The Bertz CT molecular complexity index is 386. The van der Waals surface area contributed by atoms with Crippen LogP contribution in [0.15, 0.2) is 18.2 Å². The van der Waals surface area contributed by atoms with Crippen LogP contribution in [0.5, 0.6) is 5.75 Å². The molecule has 1 amide bonds. The Labute approximate surface area is 103 Å². The highest BCUT2D eigenvalue weighted by Crippen LogP contribution is 2.22. The molecule has 1 N–H and O–H groups in total. The Morgan fingerprint density at radius 2 is 2.12 bits per heavy atom. The number of hydrogen-bond acceptors (Lipinski definition) is 2. The SMILES string of the molecule is CCOc1ccc(NC(=O)CC(C)C)cc1C. The minimum absolute atomic E-state index is 0.0589. The van der Waals surface area contributed by atoms with Crippen LogP contribution in [0, 0.1) is 12.8 Å². The lowest BCUT2D eigenvalue weighted by molar-refractivity contribution is -0.116. The Hall–Kier alpha value is -1.51. The number of anilines is 1. The molecular weight excluding hydrogens is 214 g/mol. The van der Waals surface area contributed by atoms with Gasteiger partial charge < -0.3 is 10.1 Å². The predicted octanol–water partition coefficient (Wildman–Crippen LogP) is 3.38. The van der Waals surface area contributed by atoms with Crippen molar-refractivity contribution in [1.29, 1.82) is 0 Å². The summed E-state index contributed by atoms with van der Waals surface area (Å²) in [5.41, 5.74) is 1.87. The maximum atomic E-state index is 11.6. The number of amides is 1. The minimum atomic E-state index is 0.0589. The van der Waals surface area contributed by atoms with E-state index in [1.54, 1.807) is 0 Å². The number of benzene rings is 1. The van der Waals surface area contributed by atoms with Gasteiger partial charge in [-0.25, -0.2) is 0 Å². The average molecular weight is 235 g/mol. The molecule has 0 spiro atoms. The van der Waals surface area contributed by atoms with Crippen molar-refractivity contribution in [3.05, 3.63) is 23.8 Å². The van der Waals surface area contributed by atoms with Crippen molar-refractivity contribution < 1.29 is 9.53 Å². The molecule has 0 unspecified atom stereocenters. The van der Waals surface area contributed by atoms with Gasteiger partial charge in [0.2, 0.25) is 5.91 Å². The first-order valence-corrected chi connectivity index (χ1v) is 6.06. The molecule has 1 aromatic carbocycles. The van der Waals surface area contributed by atoms with E-state index >= 15 is 0 Å². The van der Waals surface area contributed by atoms with Crippen LogP contribution in [0.2, 0.25) is 0 Å². The highest BCUT2D eigenvalue weighted by atomic mass is 16.5. The maximum absolute atomic E-state index is 11.6. The second-order valence-electron chi connectivity index (χ2n) is 4.56. The molecule has 3 heteroatoms. The Kier molecular flexibility index (Phi) is 5.01. The number of nitrogens with one attached hydrogen (secondary N) is 1. The van der Waals surface area contributed by atoms with Crippen molar-refractivity contribution in [3.8, 4) is 5.75 Å². The van der Waals surface area contributed by atoms with Gasteiger partial charge in [0.15, 0.2) is 0 Å². The molecule has 0 aliphatic carbocycles. The lowest BCUT2D eigenvalue weighted by Gasteiger charge is -2.11. The molecule has 0 aromatic heterocycles. The summed E-state index contributed by atoms with van der Waals surface area (Å²) in [7, 11) is 0. The van der Waals surface area contributed by atoms with Crippen molar-refractivity contribution in [2.24, 2.45) is 5.92 Å². The summed E-state index contributed by atoms with van der Waals surface area (Å²) in [6, 6.07) is 5.70. The van der Waals surface area contributed by atoms with E-state index in [4.69, 9.17) is 4.74 Å². The number of rotatable bonds is 5. The van der Waals surface area contributed by atoms with Gasteiger partial charge in [-0.3, -0.25) is 4.79 Å². The molecule has 0 radical (unpaired) electrons. The summed E-state index contributed by atoms with van der Waals surface area (Å²) >= 11 is 0. The normalized spacial score (nSPS) is 10.4. The largest absolute Gasteiger partial charge is 0.494 e. The van der Waals surface area contributed by atoms with E-state index in [1.807, 2.05) is 45.9 Å². The predicted molar refractivity (Wildman–Crippen MR) is 70.4 cm³/mol. The van der Waals surface area contributed by atoms with E-state index in [1.165, 1.54) is 0 Å². The molecule has 0 bridgehead atoms. The first-order valence-electron chi connectivity index (χ1n) is 6.06. The van der Waals surface area contributed by atoms with Crippen LogP contribution in [0.4, 0.5) is 5.69 Å². The standard InChI is InChI=1S/C14H21NO2/c1-5-17-13-7-6-12(9-11(13)4)15-14(16)8-10(2)3/h6-7,9-10H,5,8H2,1-4H3,(H,15,16). The molecule has 0 saturated heterocycles. The van der Waals surface area contributed by atoms with Gasteiger partial charge in [0.25, 0.3) is 0 Å². The molecule has 1 aromatic rings. The number of aryl methyl sites for hydroxylation is 1. The van der Waals surface area contributed by atoms with E-state index in [9.17, 15) is 4.79 Å². The third-order valence-electron chi connectivity index (χ3n) is 2.35. The third-order valence-corrected chi connectivity index (χ3v) is 2.35. The molecule has 0 aliphatic heterocycles. The van der Waals surface area contributed by atoms with E-state index in [-0.39, 0.29) is 5.91 Å². The van der Waals surface area contributed by atoms with Crippen LogP contribution in [0.25, 0.3) is 0 Å². The summed E-state index contributed by atoms with van der Waals surface area (Å²) in [4.78, 5) is 11.6. The second-order valence-corrected chi connectivity index (χ2v) is 4.56. The zero-order valence-corrected chi connectivity index (χ0v) is 11.0. The van der Waals surface area contributed by atoms with E-state index in [0.717, 1.165) is 17.0 Å². The molecule has 0 atom stereocenters. The lowest BCUT2D eigenvalue weighted by Crippen LogP contribution is -2.13. The van der Waals surface area contributed by atoms with Gasteiger partial charge in [0.05, 0.1) is 6.61 Å². The molecule has 0 fully saturated rings. The van der Waals surface area contributed by atoms with Crippen LogP contribution >= 0.6 is 0 Å². The summed E-state index contributed by atoms with van der Waals surface area (Å²) in [6.45, 7) is 8.65. The number of ether oxygens (including phenoxy) is 1. The van der Waals surface area contributed by atoms with Crippen molar-refractivity contribution >= 4 is 11.6 Å². The van der Waals surface area contributed by atoms with Crippen LogP contribution in [0.1, 0.15) is 32.8 Å². The Morgan fingerprint density at radius 3 is 2.65 bits per heavy atom. The van der Waals surface area contributed by atoms with Crippen molar-refractivity contribution in [2.45, 2.75) is 34.1 Å². The molecule has 0 heterocycles. The lowest BCUT2D eigenvalue weighted by atomic mass is 10.1. The smallest absolute Gasteiger partial charge is 0.224 e. The van der Waals surface area contributed by atoms with Gasteiger partial charge in [-0.1, -0.05) is 13.8 Å². The molecule has 0 aliphatic rings. The highest BCUT2D eigenvalue weighted by molar-refractivity contribution is 5.91. The summed E-state index contributed by atoms with van der Waals surface area (Å²) in [5.74, 6) is 1.30. The number of carbonyl (C=O) groups is 1. The topological polar surface area (TPSA) is 38.3 Å². The van der Waals surface area contributed by atoms with E-state index < -0.39 is 0 Å². The van der Waals surface area contributed by atoms with Crippen LogP contribution < -0.4 is 10.1 Å². The molecule has 1 rings (SSSR count). The number of hydrogen-bond donors (Lipinski definition) is 1. The zero-order chi connectivity index (χ0) is 12.8. The first-order chi connectivity index (χ1) is 8.02. The Morgan fingerprint density at radius 1 is 1.41 bits per heavy atom. The van der Waals surface area contributed by atoms with Crippen LogP contribution in [-0.2, 0) is 4.79 Å². The second kappa shape index (κ2) is 6.28. The van der Waals surface area contributed by atoms with Crippen molar-refractivity contribution in [1.82, 2.24) is 0 Å². The van der Waals surface area contributed by atoms with Gasteiger partial charge in [-0.2, -0.15) is 0 Å². The van der Waals surface area contributed by atoms with Gasteiger partial charge in [-0.15, -0.1) is 0 Å².